The van der Waals surface area contributed by atoms with Crippen LogP contribution in [-0.2, 0) is 9.53 Å². The van der Waals surface area contributed by atoms with Gasteiger partial charge in [-0.25, -0.2) is 0 Å². The van der Waals surface area contributed by atoms with Crippen molar-refractivity contribution < 1.29 is 14.6 Å². The number of thiocarbonyl (C=S) groups is 1. The van der Waals surface area contributed by atoms with Crippen LogP contribution in [0.1, 0.15) is 26.7 Å². The summed E-state index contributed by atoms with van der Waals surface area (Å²) >= 11 is 5.33. The van der Waals surface area contributed by atoms with E-state index in [1.807, 2.05) is 44.2 Å². The number of hydrogen-bond acceptors (Lipinski definition) is 4. The molecule has 1 heterocycles. The molecule has 0 saturated carbocycles. The van der Waals surface area contributed by atoms with Crippen LogP contribution in [0, 0.1) is 5.92 Å². The molecule has 2 unspecified atom stereocenters. The Hall–Kier alpha value is -1.70. The van der Waals surface area contributed by atoms with Crippen molar-refractivity contribution in [3.63, 3.8) is 0 Å². The number of aliphatic hydroxyl groups is 1. The standard InChI is InChI=1S/C17H25N3O3S/c1-3-11(2)14(15(21)19-13-9-10-23-16(13)22)20-17(24)18-12-7-5-4-6-8-12/h4-8,11,13-14,16,22H,3,9-10H2,1-2H3,(H,19,21)(H2,18,20,24)/t11?,13-,14-,16?/m0/s1. The molecule has 1 aliphatic heterocycles. The molecule has 1 fully saturated rings. The highest BCUT2D eigenvalue weighted by Crippen LogP contribution is 2.14. The average Bonchev–Trinajstić information content (AvgIpc) is 2.97. The number of anilines is 1. The Morgan fingerprint density at radius 3 is 2.71 bits per heavy atom. The zero-order valence-electron chi connectivity index (χ0n) is 14.0. The quantitative estimate of drug-likeness (QED) is 0.583. The predicted molar refractivity (Wildman–Crippen MR) is 97.5 cm³/mol. The maximum absolute atomic E-state index is 12.6. The summed E-state index contributed by atoms with van der Waals surface area (Å²) in [6.07, 6.45) is 0.483. The Kier molecular flexibility index (Phi) is 6.96. The van der Waals surface area contributed by atoms with Gasteiger partial charge in [0.25, 0.3) is 0 Å². The fourth-order valence-electron chi connectivity index (χ4n) is 2.52. The third-order valence-corrected chi connectivity index (χ3v) is 4.42. The largest absolute Gasteiger partial charge is 0.366 e. The molecule has 6 nitrogen and oxygen atoms in total. The third kappa shape index (κ3) is 5.15. The lowest BCUT2D eigenvalue weighted by molar-refractivity contribution is -0.128. The normalized spacial score (nSPS) is 22.5. The first-order valence-corrected chi connectivity index (χ1v) is 8.64. The molecule has 4 N–H and O–H groups in total. The number of ether oxygens (including phenoxy) is 1. The van der Waals surface area contributed by atoms with Crippen molar-refractivity contribution >= 4 is 28.9 Å². The monoisotopic (exact) mass is 351 g/mol. The van der Waals surface area contributed by atoms with E-state index in [0.717, 1.165) is 12.1 Å². The van der Waals surface area contributed by atoms with E-state index in [4.69, 9.17) is 17.0 Å². The van der Waals surface area contributed by atoms with E-state index >= 15 is 0 Å². The van der Waals surface area contributed by atoms with Crippen LogP contribution in [0.3, 0.4) is 0 Å². The average molecular weight is 351 g/mol. The van der Waals surface area contributed by atoms with Crippen molar-refractivity contribution in [3.8, 4) is 0 Å². The summed E-state index contributed by atoms with van der Waals surface area (Å²) in [5.74, 6) is -0.101. The Bertz CT molecular complexity index is 555. The molecular formula is C17H25N3O3S. The summed E-state index contributed by atoms with van der Waals surface area (Å²) in [6.45, 7) is 4.46. The van der Waals surface area contributed by atoms with Crippen LogP contribution in [0.4, 0.5) is 5.69 Å². The molecule has 7 heteroatoms. The second kappa shape index (κ2) is 8.96. The molecule has 0 aromatic heterocycles. The summed E-state index contributed by atoms with van der Waals surface area (Å²) in [4.78, 5) is 12.6. The van der Waals surface area contributed by atoms with Crippen LogP contribution >= 0.6 is 12.2 Å². The van der Waals surface area contributed by atoms with Gasteiger partial charge in [-0.05, 0) is 36.7 Å². The fourth-order valence-corrected chi connectivity index (χ4v) is 2.77. The number of para-hydroxylation sites is 1. The number of rotatable bonds is 6. The zero-order valence-corrected chi connectivity index (χ0v) is 14.8. The maximum Gasteiger partial charge on any atom is 0.243 e. The number of amides is 1. The third-order valence-electron chi connectivity index (χ3n) is 4.20. The zero-order chi connectivity index (χ0) is 17.5. The summed E-state index contributed by atoms with van der Waals surface area (Å²) in [5.41, 5.74) is 0.859. The Balaban J connectivity index is 1.96. The molecule has 1 aromatic rings. The topological polar surface area (TPSA) is 82.6 Å². The lowest BCUT2D eigenvalue weighted by Crippen LogP contribution is -2.54. The van der Waals surface area contributed by atoms with E-state index in [1.54, 1.807) is 0 Å². The first-order valence-electron chi connectivity index (χ1n) is 8.24. The molecule has 24 heavy (non-hydrogen) atoms. The van der Waals surface area contributed by atoms with E-state index < -0.39 is 12.3 Å². The van der Waals surface area contributed by atoms with Crippen LogP contribution in [0.15, 0.2) is 30.3 Å². The van der Waals surface area contributed by atoms with E-state index in [9.17, 15) is 9.90 Å². The van der Waals surface area contributed by atoms with Gasteiger partial charge in [-0.3, -0.25) is 4.79 Å². The van der Waals surface area contributed by atoms with Gasteiger partial charge in [0.1, 0.15) is 6.04 Å². The van der Waals surface area contributed by atoms with Crippen LogP contribution in [-0.4, -0.2) is 41.1 Å². The van der Waals surface area contributed by atoms with Crippen molar-refractivity contribution in [1.82, 2.24) is 10.6 Å². The number of nitrogens with one attached hydrogen (secondary N) is 3. The minimum atomic E-state index is -0.944. The highest BCUT2D eigenvalue weighted by molar-refractivity contribution is 7.80. The van der Waals surface area contributed by atoms with E-state index in [2.05, 4.69) is 16.0 Å². The minimum absolute atomic E-state index is 0.0833. The Morgan fingerprint density at radius 2 is 2.12 bits per heavy atom. The molecule has 1 saturated heterocycles. The first-order chi connectivity index (χ1) is 11.5. The highest BCUT2D eigenvalue weighted by Gasteiger charge is 2.32. The number of hydrogen-bond donors (Lipinski definition) is 4. The molecule has 4 atom stereocenters. The molecule has 0 spiro atoms. The molecule has 132 valence electrons. The number of aliphatic hydroxyl groups excluding tert-OH is 1. The van der Waals surface area contributed by atoms with Gasteiger partial charge in [0.2, 0.25) is 5.91 Å². The molecule has 1 aliphatic rings. The van der Waals surface area contributed by atoms with E-state index in [0.29, 0.717) is 18.1 Å². The van der Waals surface area contributed by atoms with Gasteiger partial charge in [0.15, 0.2) is 11.4 Å². The van der Waals surface area contributed by atoms with Gasteiger partial charge in [-0.2, -0.15) is 0 Å². The minimum Gasteiger partial charge on any atom is -0.366 e. The van der Waals surface area contributed by atoms with Crippen molar-refractivity contribution in [2.24, 2.45) is 5.92 Å². The Morgan fingerprint density at radius 1 is 1.42 bits per heavy atom. The van der Waals surface area contributed by atoms with Gasteiger partial charge < -0.3 is 25.8 Å². The van der Waals surface area contributed by atoms with Crippen molar-refractivity contribution in [2.75, 3.05) is 11.9 Å². The molecule has 1 amide bonds. The summed E-state index contributed by atoms with van der Waals surface area (Å²) in [6, 6.07) is 8.69. The fraction of sp³-hybridized carbons (Fsp3) is 0.529. The van der Waals surface area contributed by atoms with E-state index in [1.165, 1.54) is 0 Å². The lowest BCUT2D eigenvalue weighted by atomic mass is 9.98. The van der Waals surface area contributed by atoms with Gasteiger partial charge >= 0.3 is 0 Å². The molecule has 2 rings (SSSR count). The second-order valence-electron chi connectivity index (χ2n) is 5.99. The number of benzene rings is 1. The second-order valence-corrected chi connectivity index (χ2v) is 6.40. The highest BCUT2D eigenvalue weighted by atomic mass is 32.1. The van der Waals surface area contributed by atoms with Crippen LogP contribution in [0.25, 0.3) is 0 Å². The van der Waals surface area contributed by atoms with Crippen LogP contribution in [0.2, 0.25) is 0 Å². The number of carbonyl (C=O) groups is 1. The molecule has 0 bridgehead atoms. The van der Waals surface area contributed by atoms with Gasteiger partial charge in [0.05, 0.1) is 12.6 Å². The van der Waals surface area contributed by atoms with Crippen molar-refractivity contribution in [3.05, 3.63) is 30.3 Å². The summed E-state index contributed by atoms with van der Waals surface area (Å²) < 4.78 is 5.08. The van der Waals surface area contributed by atoms with Gasteiger partial charge in [0, 0.05) is 5.69 Å². The van der Waals surface area contributed by atoms with Crippen molar-refractivity contribution in [1.29, 1.82) is 0 Å². The summed E-state index contributed by atoms with van der Waals surface area (Å²) in [7, 11) is 0. The predicted octanol–water partition coefficient (Wildman–Crippen LogP) is 1.61. The van der Waals surface area contributed by atoms with E-state index in [-0.39, 0.29) is 17.9 Å². The van der Waals surface area contributed by atoms with Crippen LogP contribution < -0.4 is 16.0 Å². The molecule has 0 aliphatic carbocycles. The lowest BCUT2D eigenvalue weighted by Gasteiger charge is -2.27. The SMILES string of the molecule is CCC(C)[C@H](NC(=S)Nc1ccccc1)C(=O)N[C@H]1CCOC1O. The first kappa shape index (κ1) is 18.6. The molecule has 1 aromatic carbocycles. The van der Waals surface area contributed by atoms with Gasteiger partial charge in [-0.1, -0.05) is 38.5 Å². The molecule has 0 radical (unpaired) electrons. The maximum atomic E-state index is 12.6. The molecular weight excluding hydrogens is 326 g/mol. The van der Waals surface area contributed by atoms with Gasteiger partial charge in [-0.15, -0.1) is 0 Å². The Labute approximate surface area is 148 Å². The summed E-state index contributed by atoms with van der Waals surface area (Å²) in [5, 5.41) is 19.1. The van der Waals surface area contributed by atoms with Crippen LogP contribution in [0.5, 0.6) is 0 Å². The number of carbonyl (C=O) groups excluding carboxylic acids is 1. The smallest absolute Gasteiger partial charge is 0.243 e. The van der Waals surface area contributed by atoms with Crippen molar-refractivity contribution in [2.45, 2.75) is 45.1 Å².